The van der Waals surface area contributed by atoms with Crippen LogP contribution < -0.4 is 0 Å². The lowest BCUT2D eigenvalue weighted by atomic mass is 9.85. The predicted molar refractivity (Wildman–Crippen MR) is 103 cm³/mol. The van der Waals surface area contributed by atoms with Crippen molar-refractivity contribution >= 4 is 11.9 Å². The van der Waals surface area contributed by atoms with E-state index in [1.54, 1.807) is 13.8 Å². The third kappa shape index (κ3) is 4.66. The highest BCUT2D eigenvalue weighted by atomic mass is 16.4. The van der Waals surface area contributed by atoms with Gasteiger partial charge in [0.05, 0.1) is 10.8 Å². The Balaban J connectivity index is 2.02. The van der Waals surface area contributed by atoms with Crippen LogP contribution in [-0.4, -0.2) is 22.2 Å². The molecule has 0 amide bonds. The molecule has 0 aliphatic heterocycles. The number of aliphatic carboxylic acids is 2. The lowest BCUT2D eigenvalue weighted by molar-refractivity contribution is -0.147. The predicted octanol–water partition coefficient (Wildman–Crippen LogP) is 4.92. The molecule has 0 unspecified atom stereocenters. The van der Waals surface area contributed by atoms with Gasteiger partial charge < -0.3 is 10.2 Å². The quantitative estimate of drug-likeness (QED) is 0.621. The molecular weight excluding hydrogens is 328 g/mol. The second-order valence-corrected chi connectivity index (χ2v) is 8.63. The van der Waals surface area contributed by atoms with E-state index in [9.17, 15) is 19.8 Å². The first-order chi connectivity index (χ1) is 12.1. The topological polar surface area (TPSA) is 74.6 Å². The summed E-state index contributed by atoms with van der Waals surface area (Å²) >= 11 is 0. The summed E-state index contributed by atoms with van der Waals surface area (Å²) in [5, 5.41) is 18.6. The molecule has 4 heteroatoms. The Morgan fingerprint density at radius 1 is 1.08 bits per heavy atom. The molecule has 0 bridgehead atoms. The van der Waals surface area contributed by atoms with E-state index in [-0.39, 0.29) is 0 Å². The van der Waals surface area contributed by atoms with E-state index in [2.05, 4.69) is 26.0 Å². The molecule has 4 nitrogen and oxygen atoms in total. The average molecular weight is 360 g/mol. The SMILES string of the molecule is Cc1ccc(CCCC(C)(C)C(=O)O)c(CCCC2(C(=O)O)CC2)c1C. The van der Waals surface area contributed by atoms with Crippen molar-refractivity contribution in [2.45, 2.75) is 79.1 Å². The van der Waals surface area contributed by atoms with Crippen LogP contribution in [0.2, 0.25) is 0 Å². The molecule has 26 heavy (non-hydrogen) atoms. The molecule has 0 heterocycles. The smallest absolute Gasteiger partial charge is 0.309 e. The molecule has 0 spiro atoms. The van der Waals surface area contributed by atoms with Crippen molar-refractivity contribution in [2.24, 2.45) is 10.8 Å². The minimum atomic E-state index is -0.749. The number of aryl methyl sites for hydroxylation is 2. The van der Waals surface area contributed by atoms with Crippen LogP contribution in [0.5, 0.6) is 0 Å². The maximum absolute atomic E-state index is 11.4. The van der Waals surface area contributed by atoms with E-state index in [4.69, 9.17) is 0 Å². The Morgan fingerprint density at radius 2 is 1.73 bits per heavy atom. The van der Waals surface area contributed by atoms with Gasteiger partial charge in [-0.2, -0.15) is 0 Å². The molecular formula is C22H32O4. The molecule has 1 aliphatic carbocycles. The van der Waals surface area contributed by atoms with Gasteiger partial charge >= 0.3 is 11.9 Å². The highest BCUT2D eigenvalue weighted by Gasteiger charge is 2.49. The molecule has 1 fully saturated rings. The van der Waals surface area contributed by atoms with E-state index < -0.39 is 22.8 Å². The van der Waals surface area contributed by atoms with Gasteiger partial charge in [-0.05, 0) is 101 Å². The molecule has 144 valence electrons. The van der Waals surface area contributed by atoms with Crippen LogP contribution in [-0.2, 0) is 22.4 Å². The van der Waals surface area contributed by atoms with Crippen LogP contribution >= 0.6 is 0 Å². The number of carboxylic acid groups (broad SMARTS) is 2. The van der Waals surface area contributed by atoms with Gasteiger partial charge in [-0.15, -0.1) is 0 Å². The molecule has 1 saturated carbocycles. The second kappa shape index (κ2) is 7.81. The highest BCUT2D eigenvalue weighted by Crippen LogP contribution is 2.50. The highest BCUT2D eigenvalue weighted by molar-refractivity contribution is 5.77. The third-order valence-electron chi connectivity index (χ3n) is 6.18. The van der Waals surface area contributed by atoms with E-state index >= 15 is 0 Å². The summed E-state index contributed by atoms with van der Waals surface area (Å²) in [6, 6.07) is 4.30. The second-order valence-electron chi connectivity index (χ2n) is 8.63. The Bertz CT molecular complexity index is 684. The first-order valence-corrected chi connectivity index (χ1v) is 9.64. The third-order valence-corrected chi connectivity index (χ3v) is 6.18. The van der Waals surface area contributed by atoms with E-state index in [0.717, 1.165) is 44.9 Å². The molecule has 1 aliphatic rings. The number of carboxylic acids is 2. The van der Waals surface area contributed by atoms with Crippen molar-refractivity contribution in [3.63, 3.8) is 0 Å². The molecule has 2 N–H and O–H groups in total. The summed E-state index contributed by atoms with van der Waals surface area (Å²) in [5.74, 6) is -1.39. The Kier molecular flexibility index (Phi) is 6.15. The zero-order chi connectivity index (χ0) is 19.5. The molecule has 2 rings (SSSR count). The number of rotatable bonds is 10. The Hall–Kier alpha value is -1.84. The summed E-state index contributed by atoms with van der Waals surface area (Å²) < 4.78 is 0. The number of hydrogen-bond acceptors (Lipinski definition) is 2. The fourth-order valence-electron chi connectivity index (χ4n) is 3.67. The average Bonchev–Trinajstić information content (AvgIpc) is 3.34. The van der Waals surface area contributed by atoms with Crippen LogP contribution in [0, 0.1) is 24.7 Å². The van der Waals surface area contributed by atoms with Gasteiger partial charge in [-0.25, -0.2) is 0 Å². The Morgan fingerprint density at radius 3 is 2.27 bits per heavy atom. The largest absolute Gasteiger partial charge is 0.481 e. The number of carbonyl (C=O) groups is 2. The number of benzene rings is 1. The van der Waals surface area contributed by atoms with E-state index in [0.29, 0.717) is 6.42 Å². The fourth-order valence-corrected chi connectivity index (χ4v) is 3.67. The molecule has 0 radical (unpaired) electrons. The van der Waals surface area contributed by atoms with Crippen molar-refractivity contribution in [1.82, 2.24) is 0 Å². The van der Waals surface area contributed by atoms with Gasteiger partial charge in [-0.1, -0.05) is 12.1 Å². The van der Waals surface area contributed by atoms with Crippen LogP contribution in [0.15, 0.2) is 12.1 Å². The summed E-state index contributed by atoms with van der Waals surface area (Å²) in [7, 11) is 0. The molecule has 1 aromatic rings. The maximum atomic E-state index is 11.4. The lowest BCUT2D eigenvalue weighted by Crippen LogP contribution is -2.23. The van der Waals surface area contributed by atoms with Crippen molar-refractivity contribution < 1.29 is 19.8 Å². The van der Waals surface area contributed by atoms with Gasteiger partial charge in [0.15, 0.2) is 0 Å². The zero-order valence-corrected chi connectivity index (χ0v) is 16.5. The van der Waals surface area contributed by atoms with Gasteiger partial charge in [-0.3, -0.25) is 9.59 Å². The first kappa shape index (κ1) is 20.5. The summed E-state index contributed by atoms with van der Waals surface area (Å²) in [6.45, 7) is 7.80. The molecule has 1 aromatic carbocycles. The fraction of sp³-hybridized carbons (Fsp3) is 0.636. The monoisotopic (exact) mass is 360 g/mol. The Labute approximate surface area is 156 Å². The number of hydrogen-bond donors (Lipinski definition) is 2. The minimum absolute atomic E-state index is 0.455. The standard InChI is InChI=1S/C22H32O4/c1-15-9-10-17(7-5-11-21(3,4)19(23)24)18(16(15)2)8-6-12-22(13-14-22)20(25)26/h9-10H,5-8,11-14H2,1-4H3,(H,23,24)(H,25,26). The van der Waals surface area contributed by atoms with Gasteiger partial charge in [0.25, 0.3) is 0 Å². The van der Waals surface area contributed by atoms with E-state index in [1.807, 2.05) is 0 Å². The van der Waals surface area contributed by atoms with Gasteiger partial charge in [0, 0.05) is 0 Å². The maximum Gasteiger partial charge on any atom is 0.309 e. The van der Waals surface area contributed by atoms with Crippen LogP contribution in [0.3, 0.4) is 0 Å². The summed E-state index contributed by atoms with van der Waals surface area (Å²) in [5.41, 5.74) is 4.02. The minimum Gasteiger partial charge on any atom is -0.481 e. The molecule has 0 aromatic heterocycles. The summed E-state index contributed by atoms with van der Waals surface area (Å²) in [6.07, 6.45) is 6.53. The first-order valence-electron chi connectivity index (χ1n) is 9.64. The molecule has 0 atom stereocenters. The zero-order valence-electron chi connectivity index (χ0n) is 16.5. The van der Waals surface area contributed by atoms with Gasteiger partial charge in [0.2, 0.25) is 0 Å². The van der Waals surface area contributed by atoms with Crippen molar-refractivity contribution in [1.29, 1.82) is 0 Å². The van der Waals surface area contributed by atoms with Crippen molar-refractivity contribution in [2.75, 3.05) is 0 Å². The van der Waals surface area contributed by atoms with Crippen molar-refractivity contribution in [3.05, 3.63) is 34.4 Å². The van der Waals surface area contributed by atoms with Crippen LogP contribution in [0.25, 0.3) is 0 Å². The van der Waals surface area contributed by atoms with E-state index in [1.165, 1.54) is 22.3 Å². The lowest BCUT2D eigenvalue weighted by Gasteiger charge is -2.20. The van der Waals surface area contributed by atoms with Gasteiger partial charge in [0.1, 0.15) is 0 Å². The van der Waals surface area contributed by atoms with Crippen LogP contribution in [0.4, 0.5) is 0 Å². The summed E-state index contributed by atoms with van der Waals surface area (Å²) in [4.78, 5) is 22.6. The molecule has 0 saturated heterocycles. The van der Waals surface area contributed by atoms with Crippen LogP contribution in [0.1, 0.15) is 74.6 Å². The normalized spacial score (nSPS) is 15.7. The van der Waals surface area contributed by atoms with Crippen molar-refractivity contribution in [3.8, 4) is 0 Å².